The van der Waals surface area contributed by atoms with Gasteiger partial charge in [-0.15, -0.1) is 0 Å². The summed E-state index contributed by atoms with van der Waals surface area (Å²) in [5.74, 6) is 1.25. The van der Waals surface area contributed by atoms with Crippen molar-refractivity contribution in [1.29, 1.82) is 0 Å². The molecule has 0 atom stereocenters. The van der Waals surface area contributed by atoms with Gasteiger partial charge in [-0.1, -0.05) is 0 Å². The molecule has 33 heavy (non-hydrogen) atoms. The summed E-state index contributed by atoms with van der Waals surface area (Å²) in [6.45, 7) is 0. The fourth-order valence-corrected chi connectivity index (χ4v) is 5.67. The lowest BCUT2D eigenvalue weighted by atomic mass is 10.3. The van der Waals surface area contributed by atoms with Gasteiger partial charge in [0.25, 0.3) is 20.0 Å². The standard InChI is InChI=1S/C21H21BrN2O7S2/c1-29-15-6-10-21(31-3)19(12-15)24-32(25,26)16-7-4-14(5-8-16)23-33(27,28)17-9-11-20(30-2)18(22)13-17/h4-13,23-24H,1-3H3. The monoisotopic (exact) mass is 556 g/mol. The molecule has 12 heteroatoms. The van der Waals surface area contributed by atoms with Gasteiger partial charge in [0.05, 0.1) is 41.3 Å². The lowest BCUT2D eigenvalue weighted by molar-refractivity contribution is 0.405. The van der Waals surface area contributed by atoms with Crippen LogP contribution in [0.15, 0.2) is 74.9 Å². The number of ether oxygens (including phenoxy) is 3. The van der Waals surface area contributed by atoms with Crippen LogP contribution in [0.3, 0.4) is 0 Å². The van der Waals surface area contributed by atoms with E-state index in [0.717, 1.165) is 0 Å². The van der Waals surface area contributed by atoms with Crippen molar-refractivity contribution in [2.24, 2.45) is 0 Å². The third-order valence-electron chi connectivity index (χ3n) is 4.50. The Morgan fingerprint density at radius 1 is 0.667 bits per heavy atom. The molecule has 0 aliphatic rings. The summed E-state index contributed by atoms with van der Waals surface area (Å²) in [5, 5.41) is 0. The van der Waals surface area contributed by atoms with Gasteiger partial charge in [-0.3, -0.25) is 9.44 Å². The first-order valence-electron chi connectivity index (χ1n) is 9.31. The third-order valence-corrected chi connectivity index (χ3v) is 7.88. The Labute approximate surface area is 200 Å². The highest BCUT2D eigenvalue weighted by Gasteiger charge is 2.19. The van der Waals surface area contributed by atoms with Crippen LogP contribution in [-0.4, -0.2) is 38.2 Å². The van der Waals surface area contributed by atoms with Gasteiger partial charge in [-0.25, -0.2) is 16.8 Å². The number of hydrogen-bond acceptors (Lipinski definition) is 7. The van der Waals surface area contributed by atoms with E-state index in [-0.39, 0.29) is 21.2 Å². The number of nitrogens with one attached hydrogen (secondary N) is 2. The summed E-state index contributed by atoms with van der Waals surface area (Å²) in [5.41, 5.74) is 0.395. The first-order valence-corrected chi connectivity index (χ1v) is 13.1. The first-order chi connectivity index (χ1) is 15.6. The zero-order chi connectivity index (χ0) is 24.2. The SMILES string of the molecule is COc1ccc(OC)c(NS(=O)(=O)c2ccc(NS(=O)(=O)c3ccc(OC)c(Br)c3)cc2)c1. The summed E-state index contributed by atoms with van der Waals surface area (Å²) in [7, 11) is -3.53. The zero-order valence-electron chi connectivity index (χ0n) is 17.8. The molecule has 176 valence electrons. The van der Waals surface area contributed by atoms with Crippen molar-refractivity contribution in [1.82, 2.24) is 0 Å². The van der Waals surface area contributed by atoms with E-state index in [1.54, 1.807) is 12.1 Å². The van der Waals surface area contributed by atoms with Gasteiger partial charge in [-0.2, -0.15) is 0 Å². The average Bonchev–Trinajstić information content (AvgIpc) is 2.78. The Bertz CT molecular complexity index is 1360. The van der Waals surface area contributed by atoms with E-state index in [2.05, 4.69) is 25.4 Å². The smallest absolute Gasteiger partial charge is 0.262 e. The molecule has 0 radical (unpaired) electrons. The van der Waals surface area contributed by atoms with E-state index < -0.39 is 20.0 Å². The fourth-order valence-electron chi connectivity index (χ4n) is 2.83. The van der Waals surface area contributed by atoms with Gasteiger partial charge >= 0.3 is 0 Å². The van der Waals surface area contributed by atoms with Crippen molar-refractivity contribution in [2.75, 3.05) is 30.8 Å². The molecule has 0 unspecified atom stereocenters. The minimum absolute atomic E-state index is 0.0126. The van der Waals surface area contributed by atoms with Crippen LogP contribution in [0.25, 0.3) is 0 Å². The third kappa shape index (κ3) is 5.70. The largest absolute Gasteiger partial charge is 0.497 e. The molecule has 0 spiro atoms. The highest BCUT2D eigenvalue weighted by molar-refractivity contribution is 9.10. The van der Waals surface area contributed by atoms with Gasteiger partial charge in [0, 0.05) is 11.8 Å². The molecule has 0 aliphatic carbocycles. The molecule has 3 aromatic rings. The second-order valence-corrected chi connectivity index (χ2v) is 10.8. The summed E-state index contributed by atoms with van der Waals surface area (Å²) < 4.78 is 71.8. The molecule has 3 aromatic carbocycles. The minimum atomic E-state index is -3.98. The molecule has 0 aromatic heterocycles. The van der Waals surface area contributed by atoms with Crippen molar-refractivity contribution in [2.45, 2.75) is 9.79 Å². The molecule has 0 saturated heterocycles. The van der Waals surface area contributed by atoms with Crippen LogP contribution in [-0.2, 0) is 20.0 Å². The van der Waals surface area contributed by atoms with E-state index in [0.29, 0.717) is 21.7 Å². The quantitative estimate of drug-likeness (QED) is 0.407. The molecule has 2 N–H and O–H groups in total. The predicted octanol–water partition coefficient (Wildman–Crippen LogP) is 4.08. The second kappa shape index (κ2) is 9.89. The summed E-state index contributed by atoms with van der Waals surface area (Å²) in [6.07, 6.45) is 0. The van der Waals surface area contributed by atoms with Crippen LogP contribution in [0.2, 0.25) is 0 Å². The molecule has 0 aliphatic heterocycles. The molecule has 3 rings (SSSR count). The zero-order valence-corrected chi connectivity index (χ0v) is 21.0. The van der Waals surface area contributed by atoms with Gasteiger partial charge < -0.3 is 14.2 Å². The van der Waals surface area contributed by atoms with Crippen molar-refractivity contribution >= 4 is 47.4 Å². The molecular weight excluding hydrogens is 536 g/mol. The molecule has 0 amide bonds. The summed E-state index contributed by atoms with van der Waals surface area (Å²) in [4.78, 5) is -0.0545. The van der Waals surface area contributed by atoms with E-state index >= 15 is 0 Å². The maximum atomic E-state index is 12.8. The Kier molecular flexibility index (Phi) is 7.40. The van der Waals surface area contributed by atoms with Gasteiger partial charge in [0.2, 0.25) is 0 Å². The normalized spacial score (nSPS) is 11.5. The minimum Gasteiger partial charge on any atom is -0.497 e. The van der Waals surface area contributed by atoms with Crippen LogP contribution >= 0.6 is 15.9 Å². The second-order valence-electron chi connectivity index (χ2n) is 6.60. The lowest BCUT2D eigenvalue weighted by Crippen LogP contribution is -2.15. The fraction of sp³-hybridized carbons (Fsp3) is 0.143. The maximum Gasteiger partial charge on any atom is 0.262 e. The van der Waals surface area contributed by atoms with E-state index in [1.165, 1.54) is 69.9 Å². The summed E-state index contributed by atoms with van der Waals surface area (Å²) in [6, 6.07) is 14.3. The number of anilines is 2. The number of methoxy groups -OCH3 is 3. The lowest BCUT2D eigenvalue weighted by Gasteiger charge is -2.14. The molecule has 9 nitrogen and oxygen atoms in total. The van der Waals surface area contributed by atoms with Crippen LogP contribution in [0.4, 0.5) is 11.4 Å². The highest BCUT2D eigenvalue weighted by atomic mass is 79.9. The topological polar surface area (TPSA) is 120 Å². The van der Waals surface area contributed by atoms with Crippen molar-refractivity contribution in [3.05, 3.63) is 65.1 Å². The molecule has 0 heterocycles. The number of halogens is 1. The number of benzene rings is 3. The van der Waals surface area contributed by atoms with E-state index in [9.17, 15) is 16.8 Å². The number of hydrogen-bond donors (Lipinski definition) is 2. The van der Waals surface area contributed by atoms with E-state index in [4.69, 9.17) is 14.2 Å². The van der Waals surface area contributed by atoms with Crippen LogP contribution in [0, 0.1) is 0 Å². The molecular formula is C21H21BrN2O7S2. The van der Waals surface area contributed by atoms with Gasteiger partial charge in [0.15, 0.2) is 0 Å². The van der Waals surface area contributed by atoms with E-state index in [1.807, 2.05) is 0 Å². The van der Waals surface area contributed by atoms with Crippen LogP contribution < -0.4 is 23.7 Å². The van der Waals surface area contributed by atoms with Crippen LogP contribution in [0.1, 0.15) is 0 Å². The Balaban J connectivity index is 1.81. The maximum absolute atomic E-state index is 12.8. The Morgan fingerprint density at radius 3 is 1.82 bits per heavy atom. The number of rotatable bonds is 9. The van der Waals surface area contributed by atoms with Crippen molar-refractivity contribution < 1.29 is 31.0 Å². The van der Waals surface area contributed by atoms with Crippen molar-refractivity contribution in [3.63, 3.8) is 0 Å². The first kappa shape index (κ1) is 24.7. The predicted molar refractivity (Wildman–Crippen MR) is 128 cm³/mol. The molecule has 0 fully saturated rings. The summed E-state index contributed by atoms with van der Waals surface area (Å²) >= 11 is 3.26. The van der Waals surface area contributed by atoms with Gasteiger partial charge in [-0.05, 0) is 70.5 Å². The Hall–Kier alpha value is -2.96. The number of sulfonamides is 2. The average molecular weight is 557 g/mol. The molecule has 0 bridgehead atoms. The molecule has 0 saturated carbocycles. The van der Waals surface area contributed by atoms with Crippen LogP contribution in [0.5, 0.6) is 17.2 Å². The van der Waals surface area contributed by atoms with Crippen molar-refractivity contribution in [3.8, 4) is 17.2 Å². The highest BCUT2D eigenvalue weighted by Crippen LogP contribution is 2.31. The van der Waals surface area contributed by atoms with Gasteiger partial charge in [0.1, 0.15) is 17.2 Å². The Morgan fingerprint density at radius 2 is 1.24 bits per heavy atom.